The van der Waals surface area contributed by atoms with E-state index in [1.807, 2.05) is 18.5 Å². The average molecular weight is 297 g/mol. The summed E-state index contributed by atoms with van der Waals surface area (Å²) >= 11 is 1.79. The van der Waals surface area contributed by atoms with Crippen LogP contribution < -0.4 is 5.32 Å². The third kappa shape index (κ3) is 3.12. The number of hydrogen-bond acceptors (Lipinski definition) is 4. The van der Waals surface area contributed by atoms with Gasteiger partial charge in [-0.2, -0.15) is 0 Å². The Labute approximate surface area is 129 Å². The lowest BCUT2D eigenvalue weighted by molar-refractivity contribution is 0.546. The van der Waals surface area contributed by atoms with Crippen molar-refractivity contribution in [2.75, 3.05) is 6.54 Å². The van der Waals surface area contributed by atoms with Gasteiger partial charge in [0.05, 0.1) is 15.2 Å². The summed E-state index contributed by atoms with van der Waals surface area (Å²) in [6, 6.07) is 10.7. The molecule has 0 aliphatic rings. The molecular weight excluding hydrogens is 278 g/mol. The summed E-state index contributed by atoms with van der Waals surface area (Å²) in [6.45, 7) is 5.20. The molecule has 1 aromatic carbocycles. The van der Waals surface area contributed by atoms with E-state index < -0.39 is 0 Å². The summed E-state index contributed by atoms with van der Waals surface area (Å²) in [6.07, 6.45) is 4.71. The van der Waals surface area contributed by atoms with Crippen LogP contribution in [0.4, 0.5) is 0 Å². The molecule has 1 unspecified atom stereocenters. The van der Waals surface area contributed by atoms with Crippen molar-refractivity contribution in [3.8, 4) is 0 Å². The quantitative estimate of drug-likeness (QED) is 0.776. The summed E-state index contributed by atoms with van der Waals surface area (Å²) in [5, 5.41) is 4.75. The van der Waals surface area contributed by atoms with Crippen LogP contribution in [0.2, 0.25) is 0 Å². The van der Waals surface area contributed by atoms with E-state index >= 15 is 0 Å². The van der Waals surface area contributed by atoms with Gasteiger partial charge in [-0.15, -0.1) is 11.3 Å². The number of para-hydroxylation sites is 1. The standard InChI is InChI=1S/C17H19N3S/c1-3-19-15(13-8-9-18-11-12(13)2)10-17-20-14-6-4-5-7-16(14)21-17/h4-9,11,15,19H,3,10H2,1-2H3. The number of aryl methyl sites for hydroxylation is 1. The Morgan fingerprint density at radius 2 is 2.10 bits per heavy atom. The Balaban J connectivity index is 1.90. The van der Waals surface area contributed by atoms with Gasteiger partial charge in [-0.05, 0) is 42.8 Å². The number of likely N-dealkylation sites (N-methyl/N-ethyl adjacent to an activating group) is 1. The predicted molar refractivity (Wildman–Crippen MR) is 88.7 cm³/mol. The smallest absolute Gasteiger partial charge is 0.0957 e. The Morgan fingerprint density at radius 3 is 2.86 bits per heavy atom. The molecule has 0 aliphatic carbocycles. The van der Waals surface area contributed by atoms with Gasteiger partial charge in [0.25, 0.3) is 0 Å². The van der Waals surface area contributed by atoms with Gasteiger partial charge in [-0.25, -0.2) is 4.98 Å². The van der Waals surface area contributed by atoms with Gasteiger partial charge in [0.2, 0.25) is 0 Å². The molecule has 108 valence electrons. The van der Waals surface area contributed by atoms with Crippen LogP contribution in [-0.4, -0.2) is 16.5 Å². The highest BCUT2D eigenvalue weighted by molar-refractivity contribution is 7.18. The highest BCUT2D eigenvalue weighted by Crippen LogP contribution is 2.27. The van der Waals surface area contributed by atoms with Gasteiger partial charge >= 0.3 is 0 Å². The summed E-state index contributed by atoms with van der Waals surface area (Å²) < 4.78 is 1.26. The van der Waals surface area contributed by atoms with E-state index in [2.05, 4.69) is 48.4 Å². The molecule has 0 aliphatic heterocycles. The third-order valence-electron chi connectivity index (χ3n) is 3.61. The average Bonchev–Trinajstić information content (AvgIpc) is 2.89. The van der Waals surface area contributed by atoms with Gasteiger partial charge in [0.15, 0.2) is 0 Å². The molecule has 2 heterocycles. The maximum Gasteiger partial charge on any atom is 0.0957 e. The molecule has 4 heteroatoms. The Bertz CT molecular complexity index is 702. The van der Waals surface area contributed by atoms with Gasteiger partial charge in [0.1, 0.15) is 0 Å². The minimum atomic E-state index is 0.290. The van der Waals surface area contributed by atoms with Gasteiger partial charge in [-0.1, -0.05) is 19.1 Å². The zero-order chi connectivity index (χ0) is 14.7. The fourth-order valence-electron chi connectivity index (χ4n) is 2.60. The van der Waals surface area contributed by atoms with E-state index in [-0.39, 0.29) is 0 Å². The first-order chi connectivity index (χ1) is 10.3. The fourth-order valence-corrected chi connectivity index (χ4v) is 3.61. The van der Waals surface area contributed by atoms with Gasteiger partial charge < -0.3 is 5.32 Å². The van der Waals surface area contributed by atoms with Crippen LogP contribution in [0.3, 0.4) is 0 Å². The molecule has 0 saturated carbocycles. The van der Waals surface area contributed by atoms with Crippen LogP contribution in [0, 0.1) is 6.92 Å². The second kappa shape index (κ2) is 6.33. The van der Waals surface area contributed by atoms with Crippen LogP contribution >= 0.6 is 11.3 Å². The number of hydrogen-bond donors (Lipinski definition) is 1. The van der Waals surface area contributed by atoms with Crippen LogP contribution in [-0.2, 0) is 6.42 Å². The monoisotopic (exact) mass is 297 g/mol. The molecule has 0 spiro atoms. The van der Waals surface area contributed by atoms with Crippen molar-refractivity contribution in [3.05, 3.63) is 58.9 Å². The first-order valence-electron chi connectivity index (χ1n) is 7.26. The van der Waals surface area contributed by atoms with Crippen LogP contribution in [0.5, 0.6) is 0 Å². The number of pyridine rings is 1. The number of benzene rings is 1. The molecule has 1 N–H and O–H groups in total. The zero-order valence-electron chi connectivity index (χ0n) is 12.3. The molecule has 0 fully saturated rings. The molecule has 2 aromatic heterocycles. The number of aromatic nitrogens is 2. The number of nitrogens with one attached hydrogen (secondary N) is 1. The second-order valence-corrected chi connectivity index (χ2v) is 6.24. The van der Waals surface area contributed by atoms with Crippen molar-refractivity contribution < 1.29 is 0 Å². The van der Waals surface area contributed by atoms with E-state index in [1.165, 1.54) is 20.8 Å². The van der Waals surface area contributed by atoms with E-state index in [0.717, 1.165) is 18.5 Å². The van der Waals surface area contributed by atoms with Crippen molar-refractivity contribution in [2.24, 2.45) is 0 Å². The van der Waals surface area contributed by atoms with E-state index in [0.29, 0.717) is 6.04 Å². The molecule has 0 bridgehead atoms. The lowest BCUT2D eigenvalue weighted by Crippen LogP contribution is -2.23. The minimum Gasteiger partial charge on any atom is -0.310 e. The molecule has 21 heavy (non-hydrogen) atoms. The van der Waals surface area contributed by atoms with E-state index in [9.17, 15) is 0 Å². The van der Waals surface area contributed by atoms with Gasteiger partial charge in [0, 0.05) is 24.9 Å². The molecular formula is C17H19N3S. The third-order valence-corrected chi connectivity index (χ3v) is 4.67. The Hall–Kier alpha value is -1.78. The first-order valence-corrected chi connectivity index (χ1v) is 8.08. The number of thiazole rings is 1. The lowest BCUT2D eigenvalue weighted by atomic mass is 10.0. The van der Waals surface area contributed by atoms with Crippen molar-refractivity contribution in [3.63, 3.8) is 0 Å². The Morgan fingerprint density at radius 1 is 1.24 bits per heavy atom. The largest absolute Gasteiger partial charge is 0.310 e. The molecule has 3 aromatic rings. The highest BCUT2D eigenvalue weighted by Gasteiger charge is 2.15. The summed E-state index contributed by atoms with van der Waals surface area (Å²) in [5.74, 6) is 0. The molecule has 3 rings (SSSR count). The van der Waals surface area contributed by atoms with Crippen molar-refractivity contribution in [2.45, 2.75) is 26.3 Å². The summed E-state index contributed by atoms with van der Waals surface area (Å²) in [4.78, 5) is 8.94. The highest BCUT2D eigenvalue weighted by atomic mass is 32.1. The van der Waals surface area contributed by atoms with Crippen molar-refractivity contribution in [1.29, 1.82) is 0 Å². The number of fused-ring (bicyclic) bond motifs is 1. The van der Waals surface area contributed by atoms with Crippen LogP contribution in [0.1, 0.15) is 29.1 Å². The van der Waals surface area contributed by atoms with E-state index in [4.69, 9.17) is 4.98 Å². The molecule has 0 radical (unpaired) electrons. The summed E-state index contributed by atoms with van der Waals surface area (Å²) in [5.41, 5.74) is 3.63. The number of nitrogens with zero attached hydrogens (tertiary/aromatic N) is 2. The molecule has 1 atom stereocenters. The summed E-state index contributed by atoms with van der Waals surface area (Å²) in [7, 11) is 0. The van der Waals surface area contributed by atoms with Crippen molar-refractivity contribution in [1.82, 2.24) is 15.3 Å². The van der Waals surface area contributed by atoms with E-state index in [1.54, 1.807) is 11.3 Å². The maximum atomic E-state index is 4.75. The van der Waals surface area contributed by atoms with Crippen LogP contribution in [0.25, 0.3) is 10.2 Å². The minimum absolute atomic E-state index is 0.290. The molecule has 3 nitrogen and oxygen atoms in total. The second-order valence-electron chi connectivity index (χ2n) is 5.12. The maximum absolute atomic E-state index is 4.75. The molecule has 0 saturated heterocycles. The SMILES string of the molecule is CCNC(Cc1nc2ccccc2s1)c1ccncc1C. The zero-order valence-corrected chi connectivity index (χ0v) is 13.2. The van der Waals surface area contributed by atoms with Gasteiger partial charge in [-0.3, -0.25) is 4.98 Å². The molecule has 0 amide bonds. The fraction of sp³-hybridized carbons (Fsp3) is 0.294. The predicted octanol–water partition coefficient (Wildman–Crippen LogP) is 3.89. The normalized spacial score (nSPS) is 12.7. The lowest BCUT2D eigenvalue weighted by Gasteiger charge is -2.18. The van der Waals surface area contributed by atoms with Crippen molar-refractivity contribution >= 4 is 21.6 Å². The number of rotatable bonds is 5. The first kappa shape index (κ1) is 14.2. The Kier molecular flexibility index (Phi) is 4.27. The van der Waals surface area contributed by atoms with Crippen LogP contribution in [0.15, 0.2) is 42.7 Å². The topological polar surface area (TPSA) is 37.8 Å².